The second kappa shape index (κ2) is 5.98. The third-order valence-electron chi connectivity index (χ3n) is 4.00. The van der Waals surface area contributed by atoms with Crippen LogP contribution in [-0.4, -0.2) is 27.7 Å². The van der Waals surface area contributed by atoms with E-state index in [0.717, 1.165) is 19.3 Å². The molecular formula is C15H26O3. The molecule has 0 aromatic carbocycles. The molecule has 0 spiro atoms. The lowest BCUT2D eigenvalue weighted by Gasteiger charge is -2.29. The molecule has 1 rings (SSSR count). The van der Waals surface area contributed by atoms with E-state index in [2.05, 4.69) is 6.92 Å². The fourth-order valence-electron chi connectivity index (χ4n) is 2.49. The molecule has 0 aromatic heterocycles. The second-order valence-electron chi connectivity index (χ2n) is 6.26. The van der Waals surface area contributed by atoms with Gasteiger partial charge in [-0.3, -0.25) is 4.79 Å². The third-order valence-corrected chi connectivity index (χ3v) is 4.00. The molecule has 0 fully saturated rings. The van der Waals surface area contributed by atoms with Crippen LogP contribution in [0, 0.1) is 11.8 Å². The molecule has 0 aromatic rings. The van der Waals surface area contributed by atoms with Gasteiger partial charge in [0.2, 0.25) is 0 Å². The second-order valence-corrected chi connectivity index (χ2v) is 6.26. The highest BCUT2D eigenvalue weighted by atomic mass is 16.3. The molecule has 0 unspecified atom stereocenters. The standard InChI is InChI=1S/C15H26O3/c1-10-5-7-12(13(16)9-10)11(2)6-8-14(17)15(3,4)18/h9,11-12,14,17-18H,5-8H2,1-4H3/t11-,12+,14+/m1/s1. The van der Waals surface area contributed by atoms with Crippen LogP contribution < -0.4 is 0 Å². The summed E-state index contributed by atoms with van der Waals surface area (Å²) in [6.45, 7) is 7.28. The van der Waals surface area contributed by atoms with E-state index in [1.165, 1.54) is 5.57 Å². The predicted molar refractivity (Wildman–Crippen MR) is 72.2 cm³/mol. The molecule has 0 saturated heterocycles. The molecule has 3 nitrogen and oxygen atoms in total. The lowest BCUT2D eigenvalue weighted by Crippen LogP contribution is -2.36. The Morgan fingerprint density at radius 1 is 1.44 bits per heavy atom. The van der Waals surface area contributed by atoms with Gasteiger partial charge < -0.3 is 10.2 Å². The molecule has 1 aliphatic carbocycles. The zero-order valence-electron chi connectivity index (χ0n) is 11.9. The summed E-state index contributed by atoms with van der Waals surface area (Å²) in [5, 5.41) is 19.5. The molecule has 0 heterocycles. The molecule has 0 bridgehead atoms. The fraction of sp³-hybridized carbons (Fsp3) is 0.800. The van der Waals surface area contributed by atoms with Gasteiger partial charge in [-0.2, -0.15) is 0 Å². The van der Waals surface area contributed by atoms with Crippen molar-refractivity contribution in [2.24, 2.45) is 11.8 Å². The van der Waals surface area contributed by atoms with Crippen molar-refractivity contribution < 1.29 is 15.0 Å². The fourth-order valence-corrected chi connectivity index (χ4v) is 2.49. The van der Waals surface area contributed by atoms with E-state index < -0.39 is 11.7 Å². The monoisotopic (exact) mass is 254 g/mol. The van der Waals surface area contributed by atoms with Crippen molar-refractivity contribution in [1.29, 1.82) is 0 Å². The van der Waals surface area contributed by atoms with Gasteiger partial charge in [0.05, 0.1) is 11.7 Å². The molecule has 3 atom stereocenters. The zero-order chi connectivity index (χ0) is 13.9. The highest BCUT2D eigenvalue weighted by Crippen LogP contribution is 2.30. The Labute approximate surface area is 110 Å². The van der Waals surface area contributed by atoms with Gasteiger partial charge >= 0.3 is 0 Å². The van der Waals surface area contributed by atoms with Crippen LogP contribution in [0.1, 0.15) is 53.4 Å². The molecule has 18 heavy (non-hydrogen) atoms. The highest BCUT2D eigenvalue weighted by Gasteiger charge is 2.29. The van der Waals surface area contributed by atoms with Crippen LogP contribution >= 0.6 is 0 Å². The van der Waals surface area contributed by atoms with Gasteiger partial charge in [0.15, 0.2) is 5.78 Å². The average Bonchev–Trinajstić information content (AvgIpc) is 2.24. The van der Waals surface area contributed by atoms with E-state index in [4.69, 9.17) is 0 Å². The smallest absolute Gasteiger partial charge is 0.158 e. The number of carbonyl (C=O) groups is 1. The van der Waals surface area contributed by atoms with Gasteiger partial charge in [0.1, 0.15) is 0 Å². The number of aliphatic hydroxyl groups excluding tert-OH is 1. The lowest BCUT2D eigenvalue weighted by atomic mass is 9.78. The lowest BCUT2D eigenvalue weighted by molar-refractivity contribution is -0.120. The molecule has 0 saturated carbocycles. The van der Waals surface area contributed by atoms with Crippen LogP contribution in [0.5, 0.6) is 0 Å². The van der Waals surface area contributed by atoms with E-state index in [1.54, 1.807) is 19.9 Å². The summed E-state index contributed by atoms with van der Waals surface area (Å²) in [6, 6.07) is 0. The minimum Gasteiger partial charge on any atom is -0.390 e. The zero-order valence-corrected chi connectivity index (χ0v) is 11.9. The first-order valence-corrected chi connectivity index (χ1v) is 6.83. The van der Waals surface area contributed by atoms with Crippen LogP contribution in [0.3, 0.4) is 0 Å². The summed E-state index contributed by atoms with van der Waals surface area (Å²) in [5.74, 6) is 0.575. The third kappa shape index (κ3) is 4.21. The minimum absolute atomic E-state index is 0.0858. The van der Waals surface area contributed by atoms with E-state index >= 15 is 0 Å². The number of ketones is 1. The Morgan fingerprint density at radius 3 is 2.56 bits per heavy atom. The Balaban J connectivity index is 2.47. The largest absolute Gasteiger partial charge is 0.390 e. The van der Waals surface area contributed by atoms with Crippen LogP contribution in [0.25, 0.3) is 0 Å². The first-order chi connectivity index (χ1) is 8.21. The van der Waals surface area contributed by atoms with E-state index in [9.17, 15) is 15.0 Å². The Bertz CT molecular complexity index is 325. The highest BCUT2D eigenvalue weighted by molar-refractivity contribution is 5.93. The number of carbonyl (C=O) groups excluding carboxylic acids is 1. The maximum atomic E-state index is 11.9. The molecule has 3 heteroatoms. The van der Waals surface area contributed by atoms with Crippen molar-refractivity contribution in [2.45, 2.75) is 65.1 Å². The summed E-state index contributed by atoms with van der Waals surface area (Å²) < 4.78 is 0. The summed E-state index contributed by atoms with van der Waals surface area (Å²) in [6.07, 6.45) is 4.26. The summed E-state index contributed by atoms with van der Waals surface area (Å²) in [5.41, 5.74) is 0.104. The number of allylic oxidation sites excluding steroid dienone is 2. The number of hydrogen-bond donors (Lipinski definition) is 2. The van der Waals surface area contributed by atoms with Crippen molar-refractivity contribution in [1.82, 2.24) is 0 Å². The van der Waals surface area contributed by atoms with Gasteiger partial charge in [-0.05, 0) is 58.4 Å². The van der Waals surface area contributed by atoms with E-state index in [-0.39, 0.29) is 17.6 Å². The number of aliphatic hydroxyl groups is 2. The quantitative estimate of drug-likeness (QED) is 0.792. The van der Waals surface area contributed by atoms with Crippen molar-refractivity contribution in [2.75, 3.05) is 0 Å². The SMILES string of the molecule is CC1=CC(=O)[C@H]([C@H](C)CC[C@H](O)C(C)(C)O)CC1. The van der Waals surface area contributed by atoms with E-state index in [1.807, 2.05) is 6.92 Å². The van der Waals surface area contributed by atoms with Crippen LogP contribution in [0.2, 0.25) is 0 Å². The molecule has 2 N–H and O–H groups in total. The Morgan fingerprint density at radius 2 is 2.06 bits per heavy atom. The van der Waals surface area contributed by atoms with Gasteiger partial charge in [0.25, 0.3) is 0 Å². The summed E-state index contributed by atoms with van der Waals surface area (Å²) in [7, 11) is 0. The topological polar surface area (TPSA) is 57.5 Å². The van der Waals surface area contributed by atoms with Crippen molar-refractivity contribution in [3.63, 3.8) is 0 Å². The van der Waals surface area contributed by atoms with Crippen molar-refractivity contribution in [3.8, 4) is 0 Å². The molecular weight excluding hydrogens is 228 g/mol. The molecule has 0 radical (unpaired) electrons. The molecule has 1 aliphatic rings. The summed E-state index contributed by atoms with van der Waals surface area (Å²) in [4.78, 5) is 11.9. The normalized spacial score (nSPS) is 24.7. The Hall–Kier alpha value is -0.670. The maximum Gasteiger partial charge on any atom is 0.158 e. The van der Waals surface area contributed by atoms with Gasteiger partial charge in [-0.15, -0.1) is 0 Å². The number of rotatable bonds is 5. The van der Waals surface area contributed by atoms with Crippen molar-refractivity contribution >= 4 is 5.78 Å². The van der Waals surface area contributed by atoms with Crippen LogP contribution in [0.15, 0.2) is 11.6 Å². The summed E-state index contributed by atoms with van der Waals surface area (Å²) >= 11 is 0. The van der Waals surface area contributed by atoms with Crippen LogP contribution in [0.4, 0.5) is 0 Å². The van der Waals surface area contributed by atoms with Gasteiger partial charge in [-0.25, -0.2) is 0 Å². The first-order valence-electron chi connectivity index (χ1n) is 6.83. The molecule has 0 amide bonds. The number of hydrogen-bond acceptors (Lipinski definition) is 3. The van der Waals surface area contributed by atoms with E-state index in [0.29, 0.717) is 6.42 Å². The molecule has 104 valence electrons. The maximum absolute atomic E-state index is 11.9. The van der Waals surface area contributed by atoms with Crippen molar-refractivity contribution in [3.05, 3.63) is 11.6 Å². The molecule has 0 aliphatic heterocycles. The van der Waals surface area contributed by atoms with Gasteiger partial charge in [-0.1, -0.05) is 12.5 Å². The first kappa shape index (κ1) is 15.4. The van der Waals surface area contributed by atoms with Crippen LogP contribution in [-0.2, 0) is 4.79 Å². The minimum atomic E-state index is -1.06. The average molecular weight is 254 g/mol. The predicted octanol–water partition coefficient (Wildman–Crippen LogP) is 2.46. The Kier molecular flexibility index (Phi) is 5.11. The van der Waals surface area contributed by atoms with Gasteiger partial charge in [0, 0.05) is 5.92 Å².